The molecule has 0 aliphatic carbocycles. The van der Waals surface area contributed by atoms with Crippen LogP contribution in [0.1, 0.15) is 0 Å². The van der Waals surface area contributed by atoms with Crippen LogP contribution in [-0.4, -0.2) is 37.5 Å². The molecule has 0 radical (unpaired) electrons. The number of carbonyl (C=O) groups is 2. The van der Waals surface area contributed by atoms with Crippen molar-refractivity contribution in [3.05, 3.63) is 40.6 Å². The average Bonchev–Trinajstić information content (AvgIpc) is 2.53. The third-order valence-corrected chi connectivity index (χ3v) is 4.02. The highest BCUT2D eigenvalue weighted by Gasteiger charge is 2.18. The monoisotopic (exact) mass is 385 g/mol. The van der Waals surface area contributed by atoms with Gasteiger partial charge in [-0.15, -0.1) is 11.8 Å². The summed E-state index contributed by atoms with van der Waals surface area (Å²) in [6, 6.07) is 7.58. The summed E-state index contributed by atoms with van der Waals surface area (Å²) < 4.78 is 5.55. The molecular weight excluding hydrogens is 370 g/mol. The van der Waals surface area contributed by atoms with Gasteiger partial charge in [0, 0.05) is 22.6 Å². The quantitative estimate of drug-likeness (QED) is 0.441. The van der Waals surface area contributed by atoms with Crippen LogP contribution >= 0.6 is 27.7 Å². The lowest BCUT2D eigenvalue weighted by molar-refractivity contribution is -0.132. The molecule has 0 atom stereocenters. The number of aliphatic imine (C=N–C) groups is 1. The van der Waals surface area contributed by atoms with E-state index in [0.29, 0.717) is 0 Å². The fraction of sp³-hybridized carbons (Fsp3) is 0.214. The zero-order chi connectivity index (χ0) is 16.5. The van der Waals surface area contributed by atoms with E-state index in [2.05, 4.69) is 31.0 Å². The normalized spacial score (nSPS) is 12.0. The van der Waals surface area contributed by atoms with Gasteiger partial charge in [-0.25, -0.2) is 4.79 Å². The van der Waals surface area contributed by atoms with Crippen molar-refractivity contribution in [2.75, 3.05) is 19.9 Å². The Labute approximate surface area is 141 Å². The first-order valence-electron chi connectivity index (χ1n) is 6.17. The van der Waals surface area contributed by atoms with Gasteiger partial charge in [-0.05, 0) is 24.3 Å². The predicted molar refractivity (Wildman–Crippen MR) is 90.7 cm³/mol. The van der Waals surface area contributed by atoms with Crippen LogP contribution < -0.4 is 11.1 Å². The number of amides is 1. The van der Waals surface area contributed by atoms with E-state index >= 15 is 0 Å². The van der Waals surface area contributed by atoms with E-state index < -0.39 is 5.97 Å². The molecule has 1 aromatic carbocycles. The van der Waals surface area contributed by atoms with Gasteiger partial charge < -0.3 is 15.8 Å². The molecule has 0 aliphatic rings. The van der Waals surface area contributed by atoms with Gasteiger partial charge in [0.25, 0.3) is 0 Å². The molecule has 0 heterocycles. The molecule has 6 nitrogen and oxygen atoms in total. The highest BCUT2D eigenvalue weighted by molar-refractivity contribution is 9.10. The highest BCUT2D eigenvalue weighted by Crippen LogP contribution is 2.20. The molecule has 3 N–H and O–H groups in total. The van der Waals surface area contributed by atoms with Crippen LogP contribution in [0.2, 0.25) is 0 Å². The Kier molecular flexibility index (Phi) is 7.69. The lowest BCUT2D eigenvalue weighted by Crippen LogP contribution is -2.33. The van der Waals surface area contributed by atoms with Crippen LogP contribution in [0, 0.1) is 0 Å². The molecule has 0 fully saturated rings. The summed E-state index contributed by atoms with van der Waals surface area (Å²) in [4.78, 5) is 28.2. The number of rotatable bonds is 6. The number of ether oxygens (including phenoxy) is 1. The summed E-state index contributed by atoms with van der Waals surface area (Å²) in [5.74, 6) is -0.785. The zero-order valence-electron chi connectivity index (χ0n) is 12.1. The smallest absolute Gasteiger partial charge is 0.358 e. The Balaban J connectivity index is 2.62. The van der Waals surface area contributed by atoms with Crippen molar-refractivity contribution in [3.63, 3.8) is 0 Å². The number of methoxy groups -OCH3 is 1. The summed E-state index contributed by atoms with van der Waals surface area (Å²) in [6.07, 6.45) is 1.11. The van der Waals surface area contributed by atoms with Crippen molar-refractivity contribution in [1.29, 1.82) is 0 Å². The standard InChI is InChI=1S/C14H16BrN3O3S/c1-17-13(14(20)21-2)11(7-16)18-12(19)8-22-10-5-3-9(15)4-6-10/h3-7H,8,16H2,1-2H3,(H,18,19). The van der Waals surface area contributed by atoms with Crippen molar-refractivity contribution >= 4 is 45.3 Å². The first-order chi connectivity index (χ1) is 10.5. The van der Waals surface area contributed by atoms with Gasteiger partial charge in [-0.3, -0.25) is 9.79 Å². The second-order valence-electron chi connectivity index (χ2n) is 3.93. The molecule has 1 amide bonds. The minimum absolute atomic E-state index is 0.0352. The number of nitrogens with zero attached hydrogens (tertiary/aromatic N) is 1. The molecule has 118 valence electrons. The van der Waals surface area contributed by atoms with Crippen LogP contribution in [0.5, 0.6) is 0 Å². The molecule has 8 heteroatoms. The molecule has 0 unspecified atom stereocenters. The van der Waals surface area contributed by atoms with Gasteiger partial charge in [0.1, 0.15) is 0 Å². The number of hydrogen-bond acceptors (Lipinski definition) is 6. The van der Waals surface area contributed by atoms with E-state index in [4.69, 9.17) is 5.73 Å². The average molecular weight is 386 g/mol. The fourth-order valence-electron chi connectivity index (χ4n) is 1.46. The van der Waals surface area contributed by atoms with Gasteiger partial charge in [-0.2, -0.15) is 0 Å². The first kappa shape index (κ1) is 18.2. The number of halogens is 1. The van der Waals surface area contributed by atoms with Gasteiger partial charge in [-0.1, -0.05) is 15.9 Å². The van der Waals surface area contributed by atoms with Crippen molar-refractivity contribution in [3.8, 4) is 0 Å². The number of nitrogens with two attached hydrogens (primary N) is 1. The number of benzene rings is 1. The summed E-state index contributed by atoms with van der Waals surface area (Å²) >= 11 is 4.71. The predicted octanol–water partition coefficient (Wildman–Crippen LogP) is 1.70. The third-order valence-electron chi connectivity index (χ3n) is 2.48. The van der Waals surface area contributed by atoms with E-state index in [1.54, 1.807) is 0 Å². The molecule has 22 heavy (non-hydrogen) atoms. The van der Waals surface area contributed by atoms with E-state index in [9.17, 15) is 9.59 Å². The van der Waals surface area contributed by atoms with Crippen LogP contribution in [0.15, 0.2) is 50.5 Å². The van der Waals surface area contributed by atoms with Crippen molar-refractivity contribution in [1.82, 2.24) is 5.32 Å². The van der Waals surface area contributed by atoms with Crippen LogP contribution in [-0.2, 0) is 14.3 Å². The summed E-state index contributed by atoms with van der Waals surface area (Å²) in [6.45, 7) is 0. The Morgan fingerprint density at radius 1 is 1.41 bits per heavy atom. The number of carbonyl (C=O) groups excluding carboxylic acids is 2. The Bertz CT molecular complexity index is 600. The van der Waals surface area contributed by atoms with E-state index in [1.165, 1.54) is 25.9 Å². The number of nitrogens with one attached hydrogen (secondary N) is 1. The third kappa shape index (κ3) is 5.53. The number of esters is 1. The van der Waals surface area contributed by atoms with E-state index in [-0.39, 0.29) is 23.1 Å². The lowest BCUT2D eigenvalue weighted by Gasteiger charge is -2.10. The SMILES string of the molecule is CN=C(C(=O)OC)C(=CN)NC(=O)CSc1ccc(Br)cc1. The van der Waals surface area contributed by atoms with Crippen LogP contribution in [0.3, 0.4) is 0 Å². The molecule has 0 bridgehead atoms. The van der Waals surface area contributed by atoms with Crippen LogP contribution in [0.25, 0.3) is 0 Å². The second kappa shape index (κ2) is 9.26. The molecule has 0 saturated heterocycles. The second-order valence-corrected chi connectivity index (χ2v) is 5.90. The number of hydrogen-bond donors (Lipinski definition) is 2. The van der Waals surface area contributed by atoms with E-state index in [1.807, 2.05) is 24.3 Å². The maximum atomic E-state index is 11.9. The summed E-state index contributed by atoms with van der Waals surface area (Å²) in [5.41, 5.74) is 5.52. The molecule has 0 spiro atoms. The molecular formula is C14H16BrN3O3S. The van der Waals surface area contributed by atoms with Gasteiger partial charge in [0.15, 0.2) is 5.71 Å². The minimum Gasteiger partial charge on any atom is -0.464 e. The van der Waals surface area contributed by atoms with Gasteiger partial charge >= 0.3 is 5.97 Å². The molecule has 0 aromatic heterocycles. The Morgan fingerprint density at radius 3 is 2.55 bits per heavy atom. The molecule has 1 rings (SSSR count). The molecule has 0 aliphatic heterocycles. The Hall–Kier alpha value is -1.80. The fourth-order valence-corrected chi connectivity index (χ4v) is 2.43. The van der Waals surface area contributed by atoms with Crippen LogP contribution in [0.4, 0.5) is 0 Å². The topological polar surface area (TPSA) is 93.8 Å². The Morgan fingerprint density at radius 2 is 2.05 bits per heavy atom. The highest BCUT2D eigenvalue weighted by atomic mass is 79.9. The number of thioether (sulfide) groups is 1. The first-order valence-corrected chi connectivity index (χ1v) is 7.95. The largest absolute Gasteiger partial charge is 0.464 e. The van der Waals surface area contributed by atoms with E-state index in [0.717, 1.165) is 15.6 Å². The lowest BCUT2D eigenvalue weighted by atomic mass is 10.3. The minimum atomic E-state index is -0.667. The zero-order valence-corrected chi connectivity index (χ0v) is 14.5. The van der Waals surface area contributed by atoms with Gasteiger partial charge in [0.2, 0.25) is 5.91 Å². The van der Waals surface area contributed by atoms with Crippen molar-refractivity contribution in [2.45, 2.75) is 4.90 Å². The molecule has 0 saturated carbocycles. The maximum Gasteiger partial charge on any atom is 0.358 e. The van der Waals surface area contributed by atoms with Crippen molar-refractivity contribution in [2.24, 2.45) is 10.7 Å². The maximum absolute atomic E-state index is 11.9. The molecule has 1 aromatic rings. The summed E-state index contributed by atoms with van der Waals surface area (Å²) in [5, 5.41) is 2.55. The van der Waals surface area contributed by atoms with Crippen molar-refractivity contribution < 1.29 is 14.3 Å². The van der Waals surface area contributed by atoms with Gasteiger partial charge in [0.05, 0.1) is 18.6 Å². The summed E-state index contributed by atoms with van der Waals surface area (Å²) in [7, 11) is 2.64.